The fourth-order valence-corrected chi connectivity index (χ4v) is 1.45. The lowest BCUT2D eigenvalue weighted by Gasteiger charge is -1.97. The number of carbonyl (C=O) groups is 1. The molecule has 0 fully saturated rings. The Labute approximate surface area is 83.7 Å². The molecule has 14 heavy (non-hydrogen) atoms. The van der Waals surface area contributed by atoms with E-state index in [1.807, 2.05) is 0 Å². The number of anilines is 1. The van der Waals surface area contributed by atoms with Gasteiger partial charge in [0.1, 0.15) is 0 Å². The molecule has 0 bridgehead atoms. The second-order valence-corrected chi connectivity index (χ2v) is 3.11. The van der Waals surface area contributed by atoms with Crippen LogP contribution in [-0.2, 0) is 0 Å². The van der Waals surface area contributed by atoms with Crippen molar-refractivity contribution in [1.82, 2.24) is 9.38 Å². The van der Waals surface area contributed by atoms with Crippen molar-refractivity contribution in [2.75, 3.05) is 5.73 Å². The number of nitrogens with two attached hydrogens (primary N) is 1. The zero-order valence-corrected chi connectivity index (χ0v) is 7.69. The summed E-state index contributed by atoms with van der Waals surface area (Å²) in [6.45, 7) is 0. The quantitative estimate of drug-likeness (QED) is 0.744. The molecule has 2 heterocycles. The number of fused-ring (bicyclic) bond motifs is 1. The molecule has 0 saturated carbocycles. The number of aromatic carboxylic acids is 1. The molecule has 3 N–H and O–H groups in total. The van der Waals surface area contributed by atoms with Gasteiger partial charge in [0.2, 0.25) is 5.82 Å². The Morgan fingerprint density at radius 2 is 2.29 bits per heavy atom. The molecule has 0 amide bonds. The van der Waals surface area contributed by atoms with Crippen molar-refractivity contribution in [3.05, 3.63) is 29.3 Å². The van der Waals surface area contributed by atoms with E-state index >= 15 is 0 Å². The number of carboxylic acids is 1. The van der Waals surface area contributed by atoms with Crippen molar-refractivity contribution in [2.24, 2.45) is 0 Å². The van der Waals surface area contributed by atoms with Crippen molar-refractivity contribution in [1.29, 1.82) is 0 Å². The lowest BCUT2D eigenvalue weighted by atomic mass is 10.4. The SMILES string of the molecule is Nc1ccc2c(Cl)nc(C(=O)O)n2c1. The lowest BCUT2D eigenvalue weighted by molar-refractivity contribution is 0.0683. The number of rotatable bonds is 1. The highest BCUT2D eigenvalue weighted by Gasteiger charge is 2.14. The number of nitrogens with zero attached hydrogens (tertiary/aromatic N) is 2. The summed E-state index contributed by atoms with van der Waals surface area (Å²) in [4.78, 5) is 14.5. The van der Waals surface area contributed by atoms with Crippen LogP contribution in [0.5, 0.6) is 0 Å². The molecule has 0 atom stereocenters. The summed E-state index contributed by atoms with van der Waals surface area (Å²) in [6, 6.07) is 3.26. The maximum atomic E-state index is 10.8. The molecule has 0 aliphatic heterocycles. The van der Waals surface area contributed by atoms with E-state index in [9.17, 15) is 4.79 Å². The minimum atomic E-state index is -1.14. The Bertz CT molecular complexity index is 521. The van der Waals surface area contributed by atoms with Gasteiger partial charge < -0.3 is 10.8 Å². The molecule has 0 radical (unpaired) electrons. The predicted molar refractivity (Wildman–Crippen MR) is 51.6 cm³/mol. The van der Waals surface area contributed by atoms with E-state index in [0.29, 0.717) is 11.2 Å². The smallest absolute Gasteiger partial charge is 0.372 e. The first-order valence-electron chi connectivity index (χ1n) is 3.76. The van der Waals surface area contributed by atoms with Crippen LogP contribution in [0.1, 0.15) is 10.6 Å². The molecular weight excluding hydrogens is 206 g/mol. The van der Waals surface area contributed by atoms with E-state index in [4.69, 9.17) is 22.4 Å². The molecule has 2 aromatic heterocycles. The molecule has 0 saturated heterocycles. The molecule has 2 aromatic rings. The van der Waals surface area contributed by atoms with Crippen LogP contribution in [0.15, 0.2) is 18.3 Å². The van der Waals surface area contributed by atoms with Crippen LogP contribution in [0.25, 0.3) is 5.52 Å². The van der Waals surface area contributed by atoms with E-state index < -0.39 is 5.97 Å². The van der Waals surface area contributed by atoms with Crippen molar-refractivity contribution >= 4 is 28.8 Å². The Hall–Kier alpha value is -1.75. The fraction of sp³-hybridized carbons (Fsp3) is 0. The van der Waals surface area contributed by atoms with Crippen molar-refractivity contribution in [3.8, 4) is 0 Å². The predicted octanol–water partition coefficient (Wildman–Crippen LogP) is 1.27. The van der Waals surface area contributed by atoms with Gasteiger partial charge in [-0.1, -0.05) is 11.6 Å². The maximum Gasteiger partial charge on any atom is 0.372 e. The van der Waals surface area contributed by atoms with Crippen molar-refractivity contribution < 1.29 is 9.90 Å². The molecule has 6 heteroatoms. The first-order chi connectivity index (χ1) is 6.59. The van der Waals surface area contributed by atoms with E-state index in [1.165, 1.54) is 10.6 Å². The van der Waals surface area contributed by atoms with Gasteiger partial charge in [-0.25, -0.2) is 9.78 Å². The van der Waals surface area contributed by atoms with Crippen LogP contribution >= 0.6 is 11.6 Å². The van der Waals surface area contributed by atoms with Crippen LogP contribution in [0.3, 0.4) is 0 Å². The van der Waals surface area contributed by atoms with Gasteiger partial charge in [0, 0.05) is 11.9 Å². The number of hydrogen-bond donors (Lipinski definition) is 2. The van der Waals surface area contributed by atoms with Gasteiger partial charge >= 0.3 is 5.97 Å². The fourth-order valence-electron chi connectivity index (χ4n) is 1.22. The molecule has 0 spiro atoms. The monoisotopic (exact) mass is 211 g/mol. The zero-order chi connectivity index (χ0) is 10.3. The van der Waals surface area contributed by atoms with Crippen LogP contribution in [0, 0.1) is 0 Å². The Morgan fingerprint density at radius 1 is 1.57 bits per heavy atom. The highest BCUT2D eigenvalue weighted by Crippen LogP contribution is 2.19. The van der Waals surface area contributed by atoms with E-state index in [0.717, 1.165) is 0 Å². The summed E-state index contributed by atoms with van der Waals surface area (Å²) < 4.78 is 1.35. The van der Waals surface area contributed by atoms with Crippen LogP contribution < -0.4 is 5.73 Å². The Balaban J connectivity index is 2.85. The average Bonchev–Trinajstić information content (AvgIpc) is 2.43. The van der Waals surface area contributed by atoms with Gasteiger partial charge in [0.25, 0.3) is 0 Å². The molecule has 0 aliphatic rings. The summed E-state index contributed by atoms with van der Waals surface area (Å²) in [5, 5.41) is 8.96. The second kappa shape index (κ2) is 2.88. The molecule has 0 aromatic carbocycles. The zero-order valence-electron chi connectivity index (χ0n) is 6.94. The number of aromatic nitrogens is 2. The van der Waals surface area contributed by atoms with Gasteiger partial charge in [-0.2, -0.15) is 0 Å². The number of carboxylic acid groups (broad SMARTS) is 1. The molecule has 0 aliphatic carbocycles. The second-order valence-electron chi connectivity index (χ2n) is 2.75. The molecular formula is C8H6ClN3O2. The van der Waals surface area contributed by atoms with Gasteiger partial charge in [-0.3, -0.25) is 4.40 Å². The van der Waals surface area contributed by atoms with Gasteiger partial charge in [0.15, 0.2) is 5.15 Å². The number of halogens is 1. The average molecular weight is 212 g/mol. The third-order valence-electron chi connectivity index (χ3n) is 1.81. The summed E-state index contributed by atoms with van der Waals surface area (Å²) >= 11 is 5.74. The van der Waals surface area contributed by atoms with E-state index in [2.05, 4.69) is 4.98 Å². The van der Waals surface area contributed by atoms with Gasteiger partial charge in [-0.05, 0) is 12.1 Å². The summed E-state index contributed by atoms with van der Waals surface area (Å²) in [5.41, 5.74) is 6.50. The van der Waals surface area contributed by atoms with E-state index in [1.54, 1.807) is 12.1 Å². The summed E-state index contributed by atoms with van der Waals surface area (Å²) in [5.74, 6) is -1.28. The maximum absolute atomic E-state index is 10.8. The lowest BCUT2D eigenvalue weighted by Crippen LogP contribution is -2.03. The minimum absolute atomic E-state index is 0.141. The number of nitrogen functional groups attached to an aromatic ring is 1. The standard InChI is InChI=1S/C8H6ClN3O2/c9-6-5-2-1-4(10)3-12(5)7(11-6)8(13)14/h1-3H,10H2,(H,13,14). The number of imidazole rings is 1. The minimum Gasteiger partial charge on any atom is -0.475 e. The Morgan fingerprint density at radius 3 is 2.93 bits per heavy atom. The summed E-state index contributed by atoms with van der Waals surface area (Å²) in [7, 11) is 0. The first kappa shape index (κ1) is 8.83. The van der Waals surface area contributed by atoms with Gasteiger partial charge in [-0.15, -0.1) is 0 Å². The third kappa shape index (κ3) is 1.18. The number of pyridine rings is 1. The third-order valence-corrected chi connectivity index (χ3v) is 2.08. The van der Waals surface area contributed by atoms with Crippen molar-refractivity contribution in [3.63, 3.8) is 0 Å². The highest BCUT2D eigenvalue weighted by molar-refractivity contribution is 6.33. The van der Waals surface area contributed by atoms with Crippen LogP contribution in [-0.4, -0.2) is 20.5 Å². The topological polar surface area (TPSA) is 80.6 Å². The molecule has 5 nitrogen and oxygen atoms in total. The normalized spacial score (nSPS) is 10.6. The molecule has 0 unspecified atom stereocenters. The first-order valence-corrected chi connectivity index (χ1v) is 4.14. The number of hydrogen-bond acceptors (Lipinski definition) is 3. The van der Waals surface area contributed by atoms with Crippen LogP contribution in [0.2, 0.25) is 5.15 Å². The highest BCUT2D eigenvalue weighted by atomic mass is 35.5. The Kier molecular flexibility index (Phi) is 1.82. The summed E-state index contributed by atoms with van der Waals surface area (Å²) in [6.07, 6.45) is 1.47. The van der Waals surface area contributed by atoms with Gasteiger partial charge in [0.05, 0.1) is 5.52 Å². The van der Waals surface area contributed by atoms with Crippen LogP contribution in [0.4, 0.5) is 5.69 Å². The largest absolute Gasteiger partial charge is 0.475 e. The molecule has 72 valence electrons. The molecule has 2 rings (SSSR count). The van der Waals surface area contributed by atoms with Crippen molar-refractivity contribution in [2.45, 2.75) is 0 Å². The van der Waals surface area contributed by atoms with E-state index in [-0.39, 0.29) is 11.0 Å².